The first kappa shape index (κ1) is 22.7. The van der Waals surface area contributed by atoms with Gasteiger partial charge in [-0.2, -0.15) is 13.2 Å². The zero-order chi connectivity index (χ0) is 22.3. The lowest BCUT2D eigenvalue weighted by molar-refractivity contribution is -0.192. The van der Waals surface area contributed by atoms with Crippen molar-refractivity contribution < 1.29 is 32.6 Å². The predicted molar refractivity (Wildman–Crippen MR) is 101 cm³/mol. The maximum absolute atomic E-state index is 12.2. The largest absolute Gasteiger partial charge is 0.490 e. The summed E-state index contributed by atoms with van der Waals surface area (Å²) in [6, 6.07) is 9.65. The fourth-order valence-corrected chi connectivity index (χ4v) is 2.50. The standard InChI is InChI=1S/C18H19N3O2.C2HF3O2/c1-14-13-16(21-8-3-4-9-21)5-6-17(14)18(22)23-12-11-20-10-7-19-15(20)2;3-2(4,5)1(6)7/h3-10,13H,11-12H2,1-2H3;(H,6,7). The van der Waals surface area contributed by atoms with Crippen LogP contribution in [0.1, 0.15) is 21.7 Å². The Labute approximate surface area is 170 Å². The van der Waals surface area contributed by atoms with Crippen LogP contribution in [0.2, 0.25) is 0 Å². The molecule has 0 bridgehead atoms. The van der Waals surface area contributed by atoms with E-state index >= 15 is 0 Å². The van der Waals surface area contributed by atoms with E-state index in [4.69, 9.17) is 14.6 Å². The maximum atomic E-state index is 12.2. The molecule has 2 aromatic heterocycles. The van der Waals surface area contributed by atoms with Gasteiger partial charge in [0.15, 0.2) is 0 Å². The van der Waals surface area contributed by atoms with Crippen molar-refractivity contribution in [3.63, 3.8) is 0 Å². The van der Waals surface area contributed by atoms with E-state index in [0.717, 1.165) is 17.1 Å². The van der Waals surface area contributed by atoms with Gasteiger partial charge in [0, 0.05) is 30.5 Å². The minimum absolute atomic E-state index is 0.292. The summed E-state index contributed by atoms with van der Waals surface area (Å²) in [6.07, 6.45) is 2.47. The highest BCUT2D eigenvalue weighted by Crippen LogP contribution is 2.16. The second-order valence-electron chi connectivity index (χ2n) is 6.20. The number of rotatable bonds is 5. The minimum Gasteiger partial charge on any atom is -0.475 e. The lowest BCUT2D eigenvalue weighted by atomic mass is 10.1. The van der Waals surface area contributed by atoms with Crippen molar-refractivity contribution in [3.8, 4) is 5.69 Å². The number of hydrogen-bond donors (Lipinski definition) is 1. The molecule has 0 aliphatic rings. The normalized spacial score (nSPS) is 10.8. The highest BCUT2D eigenvalue weighted by molar-refractivity contribution is 5.91. The Morgan fingerprint density at radius 1 is 1.13 bits per heavy atom. The summed E-state index contributed by atoms with van der Waals surface area (Å²) >= 11 is 0. The van der Waals surface area contributed by atoms with Crippen LogP contribution in [0.3, 0.4) is 0 Å². The van der Waals surface area contributed by atoms with Crippen LogP contribution >= 0.6 is 0 Å². The monoisotopic (exact) mass is 423 g/mol. The molecule has 0 spiro atoms. The lowest BCUT2D eigenvalue weighted by Crippen LogP contribution is -2.21. The Morgan fingerprint density at radius 3 is 2.27 bits per heavy atom. The number of aryl methyl sites for hydroxylation is 2. The van der Waals surface area contributed by atoms with E-state index in [-0.39, 0.29) is 5.97 Å². The average Bonchev–Trinajstić information content (AvgIpc) is 3.33. The molecule has 0 radical (unpaired) electrons. The Hall–Kier alpha value is -3.56. The predicted octanol–water partition coefficient (Wildman–Crippen LogP) is 3.78. The third-order valence-corrected chi connectivity index (χ3v) is 4.06. The van der Waals surface area contributed by atoms with Gasteiger partial charge in [-0.1, -0.05) is 0 Å². The summed E-state index contributed by atoms with van der Waals surface area (Å²) < 4.78 is 41.1. The SMILES string of the molecule is Cc1cc(-n2cccc2)ccc1C(=O)OCCn1ccnc1C.O=C(O)C(F)(F)F. The van der Waals surface area contributed by atoms with Gasteiger partial charge < -0.3 is 19.0 Å². The van der Waals surface area contributed by atoms with Gasteiger partial charge in [-0.15, -0.1) is 0 Å². The topological polar surface area (TPSA) is 86.4 Å². The van der Waals surface area contributed by atoms with Gasteiger partial charge in [-0.25, -0.2) is 14.6 Å². The van der Waals surface area contributed by atoms with E-state index in [2.05, 4.69) is 4.98 Å². The summed E-state index contributed by atoms with van der Waals surface area (Å²) in [7, 11) is 0. The van der Waals surface area contributed by atoms with E-state index in [9.17, 15) is 18.0 Å². The van der Waals surface area contributed by atoms with Crippen LogP contribution in [-0.2, 0) is 16.1 Å². The quantitative estimate of drug-likeness (QED) is 0.631. The van der Waals surface area contributed by atoms with Gasteiger partial charge in [0.1, 0.15) is 12.4 Å². The second kappa shape index (κ2) is 9.77. The van der Waals surface area contributed by atoms with Crippen LogP contribution in [0.25, 0.3) is 5.69 Å². The van der Waals surface area contributed by atoms with Gasteiger partial charge in [0.25, 0.3) is 0 Å². The van der Waals surface area contributed by atoms with Gasteiger partial charge in [0.2, 0.25) is 0 Å². The van der Waals surface area contributed by atoms with Crippen molar-refractivity contribution in [2.75, 3.05) is 6.61 Å². The van der Waals surface area contributed by atoms with Crippen LogP contribution in [0.15, 0.2) is 55.1 Å². The number of carbonyl (C=O) groups excluding carboxylic acids is 1. The first-order valence-corrected chi connectivity index (χ1v) is 8.78. The number of nitrogens with zero attached hydrogens (tertiary/aromatic N) is 3. The molecule has 10 heteroatoms. The number of halogens is 3. The molecule has 1 aromatic carbocycles. The number of imidazole rings is 1. The van der Waals surface area contributed by atoms with Gasteiger partial charge in [0.05, 0.1) is 12.1 Å². The van der Waals surface area contributed by atoms with Gasteiger partial charge in [-0.3, -0.25) is 0 Å². The Kier molecular flexibility index (Phi) is 7.40. The molecule has 0 aliphatic heterocycles. The molecule has 0 aliphatic carbocycles. The molecule has 0 saturated heterocycles. The zero-order valence-corrected chi connectivity index (χ0v) is 16.3. The average molecular weight is 423 g/mol. The number of benzene rings is 1. The third kappa shape index (κ3) is 6.23. The number of aromatic nitrogens is 3. The van der Waals surface area contributed by atoms with Crippen molar-refractivity contribution in [2.45, 2.75) is 26.6 Å². The first-order valence-electron chi connectivity index (χ1n) is 8.78. The molecule has 1 N–H and O–H groups in total. The summed E-state index contributed by atoms with van der Waals surface area (Å²) in [5.41, 5.74) is 2.53. The lowest BCUT2D eigenvalue weighted by Gasteiger charge is -2.10. The third-order valence-electron chi connectivity index (χ3n) is 4.06. The number of carboxylic acids is 1. The minimum atomic E-state index is -5.08. The Bertz CT molecular complexity index is 995. The van der Waals surface area contributed by atoms with Crippen molar-refractivity contribution in [2.24, 2.45) is 0 Å². The van der Waals surface area contributed by atoms with E-state index in [1.54, 1.807) is 6.20 Å². The van der Waals surface area contributed by atoms with E-state index < -0.39 is 12.1 Å². The fraction of sp³-hybridized carbons (Fsp3) is 0.250. The number of carbonyl (C=O) groups is 2. The molecule has 3 aromatic rings. The number of alkyl halides is 3. The molecule has 2 heterocycles. The number of aliphatic carboxylic acids is 1. The van der Waals surface area contributed by atoms with E-state index in [0.29, 0.717) is 18.7 Å². The summed E-state index contributed by atoms with van der Waals surface area (Å²) in [6.45, 7) is 4.78. The molecule has 7 nitrogen and oxygen atoms in total. The number of carboxylic acid groups (broad SMARTS) is 1. The molecule has 160 valence electrons. The van der Waals surface area contributed by atoms with E-state index in [1.807, 2.05) is 71.9 Å². The van der Waals surface area contributed by atoms with Crippen LogP contribution in [0.4, 0.5) is 13.2 Å². The van der Waals surface area contributed by atoms with Crippen LogP contribution in [0, 0.1) is 13.8 Å². The molecule has 0 saturated carbocycles. The Balaban J connectivity index is 0.000000396. The van der Waals surface area contributed by atoms with E-state index in [1.165, 1.54) is 0 Å². The molecule has 30 heavy (non-hydrogen) atoms. The summed E-state index contributed by atoms with van der Waals surface area (Å²) in [5.74, 6) is -2.14. The Morgan fingerprint density at radius 2 is 1.77 bits per heavy atom. The van der Waals surface area contributed by atoms with Crippen LogP contribution in [-0.4, -0.2) is 43.9 Å². The number of hydrogen-bond acceptors (Lipinski definition) is 4. The smallest absolute Gasteiger partial charge is 0.475 e. The molecular formula is C20H20F3N3O4. The van der Waals surface area contributed by atoms with Crippen LogP contribution < -0.4 is 0 Å². The number of esters is 1. The summed E-state index contributed by atoms with van der Waals surface area (Å²) in [5, 5.41) is 7.12. The highest BCUT2D eigenvalue weighted by atomic mass is 19.4. The van der Waals surface area contributed by atoms with Crippen LogP contribution in [0.5, 0.6) is 0 Å². The fourth-order valence-electron chi connectivity index (χ4n) is 2.50. The van der Waals surface area contributed by atoms with Crippen molar-refractivity contribution in [3.05, 3.63) is 72.1 Å². The molecule has 0 unspecified atom stereocenters. The highest BCUT2D eigenvalue weighted by Gasteiger charge is 2.38. The molecule has 0 atom stereocenters. The molecule has 3 rings (SSSR count). The second-order valence-corrected chi connectivity index (χ2v) is 6.20. The molecule has 0 fully saturated rings. The van der Waals surface area contributed by atoms with Gasteiger partial charge in [-0.05, 0) is 49.7 Å². The maximum Gasteiger partial charge on any atom is 0.490 e. The van der Waals surface area contributed by atoms with Crippen molar-refractivity contribution in [1.29, 1.82) is 0 Å². The van der Waals surface area contributed by atoms with Crippen molar-refractivity contribution in [1.82, 2.24) is 14.1 Å². The number of ether oxygens (including phenoxy) is 1. The van der Waals surface area contributed by atoms with Crippen molar-refractivity contribution >= 4 is 11.9 Å². The molecular weight excluding hydrogens is 403 g/mol. The first-order chi connectivity index (χ1) is 14.1. The summed E-state index contributed by atoms with van der Waals surface area (Å²) in [4.78, 5) is 25.3. The zero-order valence-electron chi connectivity index (χ0n) is 16.3. The molecule has 0 amide bonds. The van der Waals surface area contributed by atoms with Gasteiger partial charge >= 0.3 is 18.1 Å².